The van der Waals surface area contributed by atoms with Crippen LogP contribution in [0, 0.1) is 20.8 Å². The van der Waals surface area contributed by atoms with E-state index >= 15 is 0 Å². The summed E-state index contributed by atoms with van der Waals surface area (Å²) in [7, 11) is 0. The number of hydrogen-bond donors (Lipinski definition) is 1. The highest BCUT2D eigenvalue weighted by atomic mass is 32.1. The van der Waals surface area contributed by atoms with Gasteiger partial charge in [-0.3, -0.25) is 0 Å². The molecule has 2 aromatic heterocycles. The van der Waals surface area contributed by atoms with Crippen LogP contribution < -0.4 is 5.73 Å². The summed E-state index contributed by atoms with van der Waals surface area (Å²) in [5.74, 6) is -0.337. The number of carbonyl (C=O) groups is 2. The van der Waals surface area contributed by atoms with Gasteiger partial charge in [0.05, 0.1) is 17.6 Å². The number of aryl methyl sites for hydroxylation is 2. The van der Waals surface area contributed by atoms with Gasteiger partial charge >= 0.3 is 11.9 Å². The molecule has 0 atom stereocenters. The molecule has 0 spiro atoms. The van der Waals surface area contributed by atoms with Gasteiger partial charge in [0.25, 0.3) is 0 Å². The fourth-order valence-electron chi connectivity index (χ4n) is 2.85. The maximum absolute atomic E-state index is 12.4. The fraction of sp³-hybridized carbons (Fsp3) is 0.300. The van der Waals surface area contributed by atoms with Gasteiger partial charge in [-0.05, 0) is 50.5 Å². The van der Waals surface area contributed by atoms with Crippen LogP contribution in [0.4, 0.5) is 5.82 Å². The molecule has 1 aromatic carbocycles. The average molecular weight is 399 g/mol. The minimum atomic E-state index is -0.446. The van der Waals surface area contributed by atoms with E-state index in [1.807, 2.05) is 26.0 Å². The molecule has 0 aliphatic heterocycles. The van der Waals surface area contributed by atoms with Gasteiger partial charge in [-0.25, -0.2) is 19.6 Å². The topological polar surface area (TPSA) is 104 Å². The molecule has 0 saturated heterocycles. The van der Waals surface area contributed by atoms with Crippen LogP contribution in [-0.2, 0) is 16.1 Å². The first-order valence-electron chi connectivity index (χ1n) is 8.79. The number of ether oxygens (including phenoxy) is 2. The molecule has 146 valence electrons. The van der Waals surface area contributed by atoms with Crippen molar-refractivity contribution in [1.29, 1.82) is 0 Å². The highest BCUT2D eigenvalue weighted by Crippen LogP contribution is 2.33. The summed E-state index contributed by atoms with van der Waals surface area (Å²) in [4.78, 5) is 34.1. The summed E-state index contributed by atoms with van der Waals surface area (Å²) in [6.45, 7) is 7.51. The molecule has 28 heavy (non-hydrogen) atoms. The van der Waals surface area contributed by atoms with Crippen molar-refractivity contribution in [2.75, 3.05) is 12.3 Å². The van der Waals surface area contributed by atoms with E-state index in [1.165, 1.54) is 11.3 Å². The van der Waals surface area contributed by atoms with Gasteiger partial charge in [0, 0.05) is 0 Å². The number of aromatic nitrogens is 2. The van der Waals surface area contributed by atoms with E-state index < -0.39 is 11.9 Å². The van der Waals surface area contributed by atoms with E-state index in [2.05, 4.69) is 9.97 Å². The lowest BCUT2D eigenvalue weighted by molar-refractivity contribution is 0.0460. The van der Waals surface area contributed by atoms with Gasteiger partial charge in [-0.2, -0.15) is 0 Å². The van der Waals surface area contributed by atoms with Crippen LogP contribution in [0.15, 0.2) is 18.2 Å². The molecule has 0 aliphatic carbocycles. The number of thiophene rings is 1. The van der Waals surface area contributed by atoms with Gasteiger partial charge in [0.1, 0.15) is 15.5 Å². The molecule has 7 nitrogen and oxygen atoms in total. The quantitative estimate of drug-likeness (QED) is 0.652. The van der Waals surface area contributed by atoms with Crippen molar-refractivity contribution in [3.05, 3.63) is 51.2 Å². The molecule has 0 radical (unpaired) electrons. The minimum Gasteiger partial charge on any atom is -0.462 e. The molecular weight excluding hydrogens is 378 g/mol. The van der Waals surface area contributed by atoms with Crippen LogP contribution in [0.25, 0.3) is 10.2 Å². The second-order valence-electron chi connectivity index (χ2n) is 6.31. The molecule has 8 heteroatoms. The van der Waals surface area contributed by atoms with Crippen LogP contribution in [-0.4, -0.2) is 28.5 Å². The van der Waals surface area contributed by atoms with Crippen LogP contribution in [0.5, 0.6) is 0 Å². The summed E-state index contributed by atoms with van der Waals surface area (Å²) >= 11 is 1.19. The molecule has 2 heterocycles. The van der Waals surface area contributed by atoms with Gasteiger partial charge in [0.2, 0.25) is 0 Å². The summed E-state index contributed by atoms with van der Waals surface area (Å²) < 4.78 is 10.4. The Morgan fingerprint density at radius 1 is 1.07 bits per heavy atom. The molecule has 0 aliphatic rings. The van der Waals surface area contributed by atoms with Crippen molar-refractivity contribution in [2.24, 2.45) is 0 Å². The van der Waals surface area contributed by atoms with E-state index in [1.54, 1.807) is 19.9 Å². The summed E-state index contributed by atoms with van der Waals surface area (Å²) in [5.41, 5.74) is 9.15. The Labute approximate surface area is 166 Å². The van der Waals surface area contributed by atoms with E-state index in [4.69, 9.17) is 15.2 Å². The summed E-state index contributed by atoms with van der Waals surface area (Å²) in [6.07, 6.45) is 0. The number of esters is 2. The zero-order chi connectivity index (χ0) is 20.4. The molecule has 0 unspecified atom stereocenters. The van der Waals surface area contributed by atoms with Crippen LogP contribution in [0.2, 0.25) is 0 Å². The molecule has 0 saturated carbocycles. The fourth-order valence-corrected chi connectivity index (χ4v) is 3.95. The standard InChI is InChI=1S/C20H21N3O4S/c1-5-26-20(25)16-12(4)15-17(21)22-14(23-18(15)28-16)9-27-19(24)13-8-6-7-10(2)11(13)3/h6-8H,5,9H2,1-4H3,(H2,21,22,23). The zero-order valence-electron chi connectivity index (χ0n) is 16.2. The summed E-state index contributed by atoms with van der Waals surface area (Å²) in [5, 5.41) is 0.623. The van der Waals surface area contributed by atoms with Crippen molar-refractivity contribution in [1.82, 2.24) is 9.97 Å². The minimum absolute atomic E-state index is 0.113. The lowest BCUT2D eigenvalue weighted by Crippen LogP contribution is -2.10. The third-order valence-corrected chi connectivity index (χ3v) is 5.65. The Hall–Kier alpha value is -3.00. The second kappa shape index (κ2) is 7.93. The first kappa shape index (κ1) is 19.8. The molecule has 0 bridgehead atoms. The van der Waals surface area contributed by atoms with Gasteiger partial charge in [-0.15, -0.1) is 11.3 Å². The van der Waals surface area contributed by atoms with Crippen molar-refractivity contribution < 1.29 is 19.1 Å². The third-order valence-electron chi connectivity index (χ3n) is 4.48. The van der Waals surface area contributed by atoms with Crippen molar-refractivity contribution in [3.8, 4) is 0 Å². The lowest BCUT2D eigenvalue weighted by Gasteiger charge is -2.09. The van der Waals surface area contributed by atoms with Gasteiger partial charge in [0.15, 0.2) is 12.4 Å². The van der Waals surface area contributed by atoms with E-state index in [0.717, 1.165) is 11.1 Å². The summed E-state index contributed by atoms with van der Waals surface area (Å²) in [6, 6.07) is 5.46. The number of nitrogens with zero attached hydrogens (tertiary/aromatic N) is 2. The first-order chi connectivity index (χ1) is 13.3. The number of fused-ring (bicyclic) bond motifs is 1. The monoisotopic (exact) mass is 399 g/mol. The van der Waals surface area contributed by atoms with Crippen LogP contribution in [0.3, 0.4) is 0 Å². The van der Waals surface area contributed by atoms with Gasteiger partial charge < -0.3 is 15.2 Å². The molecule has 3 rings (SSSR count). The van der Waals surface area contributed by atoms with Crippen molar-refractivity contribution in [2.45, 2.75) is 34.3 Å². The average Bonchev–Trinajstić information content (AvgIpc) is 2.99. The largest absolute Gasteiger partial charge is 0.462 e. The Bertz CT molecular complexity index is 1070. The maximum atomic E-state index is 12.4. The SMILES string of the molecule is CCOC(=O)c1sc2nc(COC(=O)c3cccc(C)c3C)nc(N)c2c1C. The lowest BCUT2D eigenvalue weighted by atomic mass is 10.0. The predicted molar refractivity (Wildman–Crippen MR) is 108 cm³/mol. The number of hydrogen-bond acceptors (Lipinski definition) is 8. The first-order valence-corrected chi connectivity index (χ1v) is 9.61. The van der Waals surface area contributed by atoms with Gasteiger partial charge in [-0.1, -0.05) is 12.1 Å². The Kier molecular flexibility index (Phi) is 5.60. The van der Waals surface area contributed by atoms with Crippen LogP contribution >= 0.6 is 11.3 Å². The zero-order valence-corrected chi connectivity index (χ0v) is 17.0. The number of anilines is 1. The van der Waals surface area contributed by atoms with Crippen molar-refractivity contribution in [3.63, 3.8) is 0 Å². The molecule has 0 fully saturated rings. The molecule has 2 N–H and O–H groups in total. The van der Waals surface area contributed by atoms with Crippen LogP contribution in [0.1, 0.15) is 49.5 Å². The second-order valence-corrected chi connectivity index (χ2v) is 7.30. The molecule has 0 amide bonds. The normalized spacial score (nSPS) is 10.9. The van der Waals surface area contributed by atoms with E-state index in [9.17, 15) is 9.59 Å². The highest BCUT2D eigenvalue weighted by molar-refractivity contribution is 7.20. The Morgan fingerprint density at radius 2 is 1.82 bits per heavy atom. The number of nitrogens with two attached hydrogens (primary N) is 1. The van der Waals surface area contributed by atoms with Crippen molar-refractivity contribution >= 4 is 39.3 Å². The number of nitrogen functional groups attached to an aromatic ring is 1. The number of carbonyl (C=O) groups excluding carboxylic acids is 2. The molecular formula is C20H21N3O4S. The van der Waals surface area contributed by atoms with E-state index in [-0.39, 0.29) is 24.9 Å². The number of rotatable bonds is 5. The maximum Gasteiger partial charge on any atom is 0.348 e. The predicted octanol–water partition coefficient (Wildman–Crippen LogP) is 3.73. The van der Waals surface area contributed by atoms with E-state index in [0.29, 0.717) is 26.2 Å². The molecule has 3 aromatic rings. The highest BCUT2D eigenvalue weighted by Gasteiger charge is 2.21. The number of benzene rings is 1. The Morgan fingerprint density at radius 3 is 2.54 bits per heavy atom. The Balaban J connectivity index is 1.85. The third kappa shape index (κ3) is 3.68. The smallest absolute Gasteiger partial charge is 0.348 e.